The highest BCUT2D eigenvalue weighted by Crippen LogP contribution is 2.34. The van der Waals surface area contributed by atoms with Crippen LogP contribution in [0.15, 0.2) is 30.7 Å². The van der Waals surface area contributed by atoms with E-state index in [1.165, 1.54) is 0 Å². The Morgan fingerprint density at radius 2 is 2.03 bits per heavy atom. The Bertz CT molecular complexity index is 836. The van der Waals surface area contributed by atoms with Gasteiger partial charge in [0.1, 0.15) is 0 Å². The molecule has 0 bridgehead atoms. The zero-order valence-corrected chi connectivity index (χ0v) is 17.3. The molecule has 154 valence electrons. The van der Waals surface area contributed by atoms with Gasteiger partial charge in [0.15, 0.2) is 0 Å². The highest BCUT2D eigenvalue weighted by molar-refractivity contribution is 5.78. The van der Waals surface area contributed by atoms with Crippen LogP contribution < -0.4 is 4.90 Å². The van der Waals surface area contributed by atoms with Gasteiger partial charge in [-0.05, 0) is 18.9 Å². The van der Waals surface area contributed by atoms with Gasteiger partial charge in [0.2, 0.25) is 11.9 Å². The second kappa shape index (κ2) is 8.86. The molecule has 29 heavy (non-hydrogen) atoms. The number of aromatic nitrogens is 3. The number of nitrogens with zero attached hydrogens (tertiary/aromatic N) is 5. The van der Waals surface area contributed by atoms with Crippen molar-refractivity contribution >= 4 is 11.9 Å². The molecule has 0 aliphatic carbocycles. The van der Waals surface area contributed by atoms with Gasteiger partial charge in [-0.1, -0.05) is 19.9 Å². The molecule has 4 rings (SSSR count). The Labute approximate surface area is 172 Å². The molecule has 2 saturated heterocycles. The fraction of sp³-hybridized carbons (Fsp3) is 0.545. The molecule has 0 spiro atoms. The standard InChI is InChI=1S/C22H29N5O2/c1-16(2)21(28)27-8-4-6-18(15-27)20-19(17-5-3-7-23-13-17)14-24-22(25-20)26-9-11-29-12-10-26/h3,5,7,13-14,16,18H,4,6,8-12,15H2,1-2H3/t18-/m1/s1. The lowest BCUT2D eigenvalue weighted by Crippen LogP contribution is -2.41. The third-order valence-electron chi connectivity index (χ3n) is 5.69. The Balaban J connectivity index is 1.69. The van der Waals surface area contributed by atoms with E-state index in [1.807, 2.05) is 43.3 Å². The Kier molecular flexibility index (Phi) is 6.04. The van der Waals surface area contributed by atoms with E-state index in [0.29, 0.717) is 19.8 Å². The van der Waals surface area contributed by atoms with Crippen LogP contribution in [0.2, 0.25) is 0 Å². The largest absolute Gasteiger partial charge is 0.378 e. The molecular weight excluding hydrogens is 366 g/mol. The van der Waals surface area contributed by atoms with Crippen molar-refractivity contribution in [2.45, 2.75) is 32.6 Å². The predicted molar refractivity (Wildman–Crippen MR) is 112 cm³/mol. The smallest absolute Gasteiger partial charge is 0.225 e. The minimum absolute atomic E-state index is 0.0147. The van der Waals surface area contributed by atoms with Gasteiger partial charge < -0.3 is 14.5 Å². The zero-order chi connectivity index (χ0) is 20.2. The summed E-state index contributed by atoms with van der Waals surface area (Å²) in [5, 5.41) is 0. The molecule has 4 heterocycles. The van der Waals surface area contributed by atoms with Crippen molar-refractivity contribution in [3.8, 4) is 11.1 Å². The molecule has 0 N–H and O–H groups in total. The van der Waals surface area contributed by atoms with Gasteiger partial charge in [0, 0.05) is 67.7 Å². The minimum Gasteiger partial charge on any atom is -0.378 e. The second-order valence-electron chi connectivity index (χ2n) is 8.09. The number of morpholine rings is 1. The molecule has 2 aliphatic rings. The molecule has 7 heteroatoms. The highest BCUT2D eigenvalue weighted by atomic mass is 16.5. The average molecular weight is 396 g/mol. The summed E-state index contributed by atoms with van der Waals surface area (Å²) in [6.07, 6.45) is 7.57. The normalized spacial score (nSPS) is 20.2. The Morgan fingerprint density at radius 3 is 2.76 bits per heavy atom. The molecule has 0 radical (unpaired) electrons. The van der Waals surface area contributed by atoms with E-state index in [4.69, 9.17) is 9.72 Å². The van der Waals surface area contributed by atoms with Crippen molar-refractivity contribution in [3.05, 3.63) is 36.4 Å². The van der Waals surface area contributed by atoms with Crippen LogP contribution >= 0.6 is 0 Å². The molecule has 2 aromatic heterocycles. The lowest BCUT2D eigenvalue weighted by atomic mass is 9.90. The molecule has 2 fully saturated rings. The predicted octanol–water partition coefficient (Wildman–Crippen LogP) is 2.74. The number of piperidine rings is 1. The Hall–Kier alpha value is -2.54. The monoisotopic (exact) mass is 395 g/mol. The lowest BCUT2D eigenvalue weighted by molar-refractivity contribution is -0.135. The maximum atomic E-state index is 12.6. The number of anilines is 1. The first-order valence-corrected chi connectivity index (χ1v) is 10.5. The molecule has 2 aromatic rings. The van der Waals surface area contributed by atoms with E-state index in [2.05, 4.69) is 14.9 Å². The first-order valence-electron chi connectivity index (χ1n) is 10.5. The van der Waals surface area contributed by atoms with E-state index < -0.39 is 0 Å². The third kappa shape index (κ3) is 4.40. The van der Waals surface area contributed by atoms with Crippen molar-refractivity contribution in [2.24, 2.45) is 5.92 Å². The quantitative estimate of drug-likeness (QED) is 0.793. The van der Waals surface area contributed by atoms with Gasteiger partial charge in [-0.25, -0.2) is 9.97 Å². The number of hydrogen-bond donors (Lipinski definition) is 0. The zero-order valence-electron chi connectivity index (χ0n) is 17.3. The van der Waals surface area contributed by atoms with E-state index >= 15 is 0 Å². The van der Waals surface area contributed by atoms with Crippen molar-refractivity contribution in [1.82, 2.24) is 19.9 Å². The van der Waals surface area contributed by atoms with Gasteiger partial charge in [-0.2, -0.15) is 0 Å². The van der Waals surface area contributed by atoms with Crippen LogP contribution in [0.3, 0.4) is 0 Å². The number of ether oxygens (including phenoxy) is 1. The molecule has 0 saturated carbocycles. The van der Waals surface area contributed by atoms with Crippen LogP contribution in [-0.2, 0) is 9.53 Å². The average Bonchev–Trinajstić information content (AvgIpc) is 2.79. The third-order valence-corrected chi connectivity index (χ3v) is 5.69. The number of pyridine rings is 1. The van der Waals surface area contributed by atoms with Gasteiger partial charge in [-0.15, -0.1) is 0 Å². The Morgan fingerprint density at radius 1 is 1.21 bits per heavy atom. The molecule has 0 aromatic carbocycles. The summed E-state index contributed by atoms with van der Waals surface area (Å²) in [4.78, 5) is 30.8. The summed E-state index contributed by atoms with van der Waals surface area (Å²) >= 11 is 0. The van der Waals surface area contributed by atoms with E-state index in [-0.39, 0.29) is 17.7 Å². The summed E-state index contributed by atoms with van der Waals surface area (Å²) in [5.74, 6) is 1.19. The van der Waals surface area contributed by atoms with Gasteiger partial charge in [-0.3, -0.25) is 9.78 Å². The van der Waals surface area contributed by atoms with E-state index in [9.17, 15) is 4.79 Å². The molecule has 0 unspecified atom stereocenters. The number of carbonyl (C=O) groups excluding carboxylic acids is 1. The summed E-state index contributed by atoms with van der Waals surface area (Å²) in [5.41, 5.74) is 3.05. The number of hydrogen-bond acceptors (Lipinski definition) is 6. The lowest BCUT2D eigenvalue weighted by Gasteiger charge is -2.35. The SMILES string of the molecule is CC(C)C(=O)N1CCC[C@@H](c2nc(N3CCOCC3)ncc2-c2cccnc2)C1. The van der Waals surface area contributed by atoms with Gasteiger partial charge in [0.25, 0.3) is 0 Å². The summed E-state index contributed by atoms with van der Waals surface area (Å²) < 4.78 is 5.47. The molecule has 1 atom stereocenters. The van der Waals surface area contributed by atoms with Crippen LogP contribution in [0, 0.1) is 5.92 Å². The van der Waals surface area contributed by atoms with Crippen LogP contribution in [0.4, 0.5) is 5.95 Å². The molecule has 2 aliphatic heterocycles. The van der Waals surface area contributed by atoms with Crippen molar-refractivity contribution < 1.29 is 9.53 Å². The van der Waals surface area contributed by atoms with E-state index in [0.717, 1.165) is 55.2 Å². The fourth-order valence-corrected chi connectivity index (χ4v) is 4.12. The number of carbonyl (C=O) groups is 1. The van der Waals surface area contributed by atoms with Gasteiger partial charge in [0.05, 0.1) is 18.9 Å². The van der Waals surface area contributed by atoms with Crippen LogP contribution in [0.1, 0.15) is 38.3 Å². The maximum absolute atomic E-state index is 12.6. The topological polar surface area (TPSA) is 71.5 Å². The molecule has 7 nitrogen and oxygen atoms in total. The summed E-state index contributed by atoms with van der Waals surface area (Å²) in [6, 6.07) is 3.98. The highest BCUT2D eigenvalue weighted by Gasteiger charge is 2.29. The summed E-state index contributed by atoms with van der Waals surface area (Å²) in [7, 11) is 0. The fourth-order valence-electron chi connectivity index (χ4n) is 4.12. The minimum atomic E-state index is 0.0147. The van der Waals surface area contributed by atoms with Crippen LogP contribution in [-0.4, -0.2) is 65.2 Å². The number of likely N-dealkylation sites (tertiary alicyclic amines) is 1. The summed E-state index contributed by atoms with van der Waals surface area (Å²) in [6.45, 7) is 8.47. The molecular formula is C22H29N5O2. The second-order valence-corrected chi connectivity index (χ2v) is 8.09. The van der Waals surface area contributed by atoms with Crippen molar-refractivity contribution in [1.29, 1.82) is 0 Å². The molecule has 1 amide bonds. The number of rotatable bonds is 4. The van der Waals surface area contributed by atoms with Crippen LogP contribution in [0.25, 0.3) is 11.1 Å². The number of amides is 1. The maximum Gasteiger partial charge on any atom is 0.225 e. The van der Waals surface area contributed by atoms with E-state index in [1.54, 1.807) is 6.20 Å². The van der Waals surface area contributed by atoms with Gasteiger partial charge >= 0.3 is 0 Å². The first kappa shape index (κ1) is 19.8. The van der Waals surface area contributed by atoms with Crippen molar-refractivity contribution in [3.63, 3.8) is 0 Å². The van der Waals surface area contributed by atoms with Crippen LogP contribution in [0.5, 0.6) is 0 Å². The van der Waals surface area contributed by atoms with Crippen molar-refractivity contribution in [2.75, 3.05) is 44.3 Å². The first-order chi connectivity index (χ1) is 14.1.